The fourth-order valence-electron chi connectivity index (χ4n) is 8.57. The number of aryl methyl sites for hydroxylation is 2. The number of carboxylic acids is 1. The molecule has 7 aromatic rings. The Bertz CT molecular complexity index is 2960. The molecular formula is C46H37N9O3S2. The van der Waals surface area contributed by atoms with Gasteiger partial charge in [-0.25, -0.2) is 19.9 Å². The minimum atomic E-state index is -0.711. The summed E-state index contributed by atoms with van der Waals surface area (Å²) in [6, 6.07) is 21.9. The van der Waals surface area contributed by atoms with Gasteiger partial charge in [0.15, 0.2) is 0 Å². The highest BCUT2D eigenvalue weighted by atomic mass is 32.1. The van der Waals surface area contributed by atoms with Gasteiger partial charge in [0.05, 0.1) is 41.4 Å². The van der Waals surface area contributed by atoms with Gasteiger partial charge in [-0.15, -0.1) is 22.7 Å². The summed E-state index contributed by atoms with van der Waals surface area (Å²) in [7, 11) is 0. The molecule has 0 saturated carbocycles. The van der Waals surface area contributed by atoms with Crippen molar-refractivity contribution in [1.82, 2.24) is 19.9 Å². The van der Waals surface area contributed by atoms with Crippen molar-refractivity contribution < 1.29 is 14.7 Å². The number of benzene rings is 3. The zero-order valence-corrected chi connectivity index (χ0v) is 33.9. The average Bonchev–Trinajstić information content (AvgIpc) is 4.08. The van der Waals surface area contributed by atoms with E-state index in [1.165, 1.54) is 27.1 Å². The summed E-state index contributed by atoms with van der Waals surface area (Å²) in [5, 5.41) is 27.3. The molecule has 2 unspecified atom stereocenters. The van der Waals surface area contributed by atoms with E-state index in [1.807, 2.05) is 30.6 Å². The van der Waals surface area contributed by atoms with Gasteiger partial charge in [0.1, 0.15) is 39.7 Å². The van der Waals surface area contributed by atoms with E-state index >= 15 is 0 Å². The number of aliphatic carboxylic acids is 1. The van der Waals surface area contributed by atoms with Gasteiger partial charge >= 0.3 is 5.97 Å². The summed E-state index contributed by atoms with van der Waals surface area (Å²) < 4.78 is 0. The molecule has 4 aromatic heterocycles. The molecule has 3 N–H and O–H groups in total. The lowest BCUT2D eigenvalue weighted by Crippen LogP contribution is -2.23. The fourth-order valence-corrected chi connectivity index (χ4v) is 11.1. The molecule has 2 atom stereocenters. The van der Waals surface area contributed by atoms with Crippen LogP contribution < -0.4 is 10.6 Å². The highest BCUT2D eigenvalue weighted by Gasteiger charge is 2.30. The number of hydrogen-bond acceptors (Lipinski definition) is 13. The molecule has 11 rings (SSSR count). The van der Waals surface area contributed by atoms with Crippen LogP contribution in [-0.2, 0) is 54.8 Å². The van der Waals surface area contributed by atoms with Gasteiger partial charge in [0, 0.05) is 45.9 Å². The summed E-state index contributed by atoms with van der Waals surface area (Å²) in [5.41, 5.74) is 10.8. The van der Waals surface area contributed by atoms with Crippen molar-refractivity contribution in [2.24, 2.45) is 21.8 Å². The van der Waals surface area contributed by atoms with Crippen molar-refractivity contribution in [3.05, 3.63) is 128 Å². The highest BCUT2D eigenvalue weighted by Crippen LogP contribution is 2.42. The first kappa shape index (κ1) is 37.6. The Balaban J connectivity index is 0.000000149. The number of rotatable bonds is 8. The lowest BCUT2D eigenvalue weighted by Gasteiger charge is -2.21. The number of carboxylic acid groups (broad SMARTS) is 1. The van der Waals surface area contributed by atoms with Gasteiger partial charge in [-0.2, -0.15) is 5.26 Å². The number of nitriles is 1. The number of thiophene rings is 2. The average molecular weight is 828 g/mol. The van der Waals surface area contributed by atoms with Crippen molar-refractivity contribution >= 4 is 90.3 Å². The van der Waals surface area contributed by atoms with Crippen LogP contribution in [0, 0.1) is 23.2 Å². The predicted octanol–water partition coefficient (Wildman–Crippen LogP) is 8.71. The summed E-state index contributed by atoms with van der Waals surface area (Å²) >= 11 is 3.27. The quantitative estimate of drug-likeness (QED) is 0.134. The van der Waals surface area contributed by atoms with E-state index in [4.69, 9.17) is 5.26 Å². The van der Waals surface area contributed by atoms with Crippen molar-refractivity contribution in [2.45, 2.75) is 58.0 Å². The number of carbonyl (C=O) groups is 2. The summed E-state index contributed by atoms with van der Waals surface area (Å²) in [4.78, 5) is 55.2. The summed E-state index contributed by atoms with van der Waals surface area (Å²) in [5.74, 6) is 0.873. The topological polar surface area (TPSA) is 178 Å². The molecule has 60 heavy (non-hydrogen) atoms. The molecule has 0 saturated heterocycles. The number of aliphatic imine (C=N–C) groups is 2. The minimum Gasteiger partial charge on any atom is -0.481 e. The van der Waals surface area contributed by atoms with E-state index in [1.54, 1.807) is 47.5 Å². The SMILES string of the molecule is N#Cc1ccc(CC(=O)C2CCc3c(sc4ncnc(Nc5ccc6c(c5)C=NC6)c34)C2)cc1.O=C(O)C1CCc2c(sc3ncnc(Nc4ccc5c(c4)C=NC5)c23)C1. The molecule has 0 radical (unpaired) electrons. The zero-order valence-electron chi connectivity index (χ0n) is 32.3. The molecular weight excluding hydrogens is 791 g/mol. The molecule has 0 spiro atoms. The van der Waals surface area contributed by atoms with Crippen LogP contribution in [0.1, 0.15) is 67.1 Å². The van der Waals surface area contributed by atoms with Gasteiger partial charge in [-0.05, 0) is 114 Å². The van der Waals surface area contributed by atoms with Crippen LogP contribution in [0.15, 0.2) is 83.3 Å². The van der Waals surface area contributed by atoms with E-state index in [0.717, 1.165) is 104 Å². The van der Waals surface area contributed by atoms with Crippen LogP contribution in [0.25, 0.3) is 20.4 Å². The zero-order chi connectivity index (χ0) is 40.7. The first-order valence-electron chi connectivity index (χ1n) is 19.9. The lowest BCUT2D eigenvalue weighted by molar-refractivity contribution is -0.142. The largest absolute Gasteiger partial charge is 0.481 e. The number of carbonyl (C=O) groups excluding carboxylic acids is 1. The maximum Gasteiger partial charge on any atom is 0.306 e. The normalized spacial score (nSPS) is 16.9. The van der Waals surface area contributed by atoms with E-state index in [2.05, 4.69) is 77.0 Å². The maximum atomic E-state index is 13.0. The van der Waals surface area contributed by atoms with Gasteiger partial charge < -0.3 is 15.7 Å². The van der Waals surface area contributed by atoms with Crippen LogP contribution in [-0.4, -0.2) is 49.2 Å². The Labute approximate surface area is 352 Å². The van der Waals surface area contributed by atoms with E-state index < -0.39 is 5.97 Å². The van der Waals surface area contributed by atoms with Crippen LogP contribution in [0.5, 0.6) is 0 Å². The first-order valence-corrected chi connectivity index (χ1v) is 21.5. The maximum absolute atomic E-state index is 13.0. The molecule has 0 amide bonds. The summed E-state index contributed by atoms with van der Waals surface area (Å²) in [6.45, 7) is 1.49. The Morgan fingerprint density at radius 1 is 0.717 bits per heavy atom. The second kappa shape index (κ2) is 15.8. The Morgan fingerprint density at radius 2 is 1.25 bits per heavy atom. The van der Waals surface area contributed by atoms with Crippen molar-refractivity contribution in [3.63, 3.8) is 0 Å². The highest BCUT2D eigenvalue weighted by molar-refractivity contribution is 7.19. The molecule has 2 aliphatic carbocycles. The molecule has 6 heterocycles. The number of hydrogen-bond donors (Lipinski definition) is 3. The van der Waals surface area contributed by atoms with Crippen molar-refractivity contribution in [1.29, 1.82) is 5.26 Å². The number of ketones is 1. The smallest absolute Gasteiger partial charge is 0.306 e. The Hall–Kier alpha value is -6.69. The van der Waals surface area contributed by atoms with Gasteiger partial charge in [-0.1, -0.05) is 24.3 Å². The number of nitrogens with zero attached hydrogens (tertiary/aromatic N) is 7. The number of fused-ring (bicyclic) bond motifs is 8. The van der Waals surface area contributed by atoms with Gasteiger partial charge in [0.25, 0.3) is 0 Å². The standard InChI is InChI=1S/C27H21N5OS.C19H16N4O2S/c28-12-17-3-1-16(2-4-17)9-23(33)18-6-8-22-24(11-18)34-27-25(22)26(30-15-31-27)32-21-7-5-19-13-29-14-20(19)10-21;24-19(25)10-2-4-14-15(6-10)26-18-16(14)17(21-9-22-18)23-13-3-1-11-7-20-8-12(11)5-13/h1-5,7,10,14-15,18H,6,8-9,11,13H2,(H,30,31,32);1,3,5,8-10H,2,4,6-7H2,(H,24,25)(H,21,22,23). The molecule has 0 fully saturated rings. The third-order valence-corrected chi connectivity index (χ3v) is 14.1. The second-order valence-corrected chi connectivity index (χ2v) is 17.7. The minimum absolute atomic E-state index is 0.0107. The second-order valence-electron chi connectivity index (χ2n) is 15.5. The van der Waals surface area contributed by atoms with E-state index in [-0.39, 0.29) is 17.6 Å². The Morgan fingerprint density at radius 3 is 1.78 bits per heavy atom. The lowest BCUT2D eigenvalue weighted by atomic mass is 9.83. The van der Waals surface area contributed by atoms with Crippen LogP contribution in [0.2, 0.25) is 0 Å². The van der Waals surface area contributed by atoms with Crippen LogP contribution in [0.4, 0.5) is 23.0 Å². The number of Topliss-reactive ketones (excluding diaryl/α,β-unsaturated/α-hetero) is 1. The third kappa shape index (κ3) is 7.31. The van der Waals surface area contributed by atoms with Gasteiger partial charge in [0.2, 0.25) is 0 Å². The molecule has 0 bridgehead atoms. The van der Waals surface area contributed by atoms with Gasteiger partial charge in [-0.3, -0.25) is 19.6 Å². The van der Waals surface area contributed by atoms with E-state index in [0.29, 0.717) is 24.8 Å². The molecule has 296 valence electrons. The molecule has 14 heteroatoms. The molecule has 4 aliphatic rings. The fraction of sp³-hybridized carbons (Fsp3) is 0.239. The molecule has 2 aliphatic heterocycles. The monoisotopic (exact) mass is 827 g/mol. The predicted molar refractivity (Wildman–Crippen MR) is 235 cm³/mol. The number of anilines is 4. The van der Waals surface area contributed by atoms with Crippen molar-refractivity contribution in [2.75, 3.05) is 10.6 Å². The van der Waals surface area contributed by atoms with E-state index in [9.17, 15) is 14.7 Å². The summed E-state index contributed by atoms with van der Waals surface area (Å²) in [6.07, 6.45) is 11.8. The molecule has 12 nitrogen and oxygen atoms in total. The number of nitrogens with one attached hydrogen (secondary N) is 2. The third-order valence-electron chi connectivity index (χ3n) is 11.8. The molecule has 3 aromatic carbocycles. The Kier molecular flexibility index (Phi) is 9.90. The van der Waals surface area contributed by atoms with Crippen molar-refractivity contribution in [3.8, 4) is 6.07 Å². The first-order chi connectivity index (χ1) is 29.4. The van der Waals surface area contributed by atoms with Crippen LogP contribution in [0.3, 0.4) is 0 Å². The number of aromatic nitrogens is 4. The van der Waals surface area contributed by atoms with Crippen LogP contribution >= 0.6 is 22.7 Å².